The minimum absolute atomic E-state index is 0.700. The van der Waals surface area contributed by atoms with Gasteiger partial charge in [0.05, 0.1) is 17.9 Å². The van der Waals surface area contributed by atoms with Crippen LogP contribution in [-0.4, -0.2) is 14.5 Å². The molecular weight excluding hydrogens is 200 g/mol. The quantitative estimate of drug-likeness (QED) is 0.853. The monoisotopic (exact) mass is 216 g/mol. The van der Waals surface area contributed by atoms with Gasteiger partial charge >= 0.3 is 0 Å². The lowest BCUT2D eigenvalue weighted by molar-refractivity contribution is 0.889. The van der Waals surface area contributed by atoms with Crippen molar-refractivity contribution >= 4 is 5.95 Å². The number of nitrogens with one attached hydrogen (secondary N) is 1. The van der Waals surface area contributed by atoms with Gasteiger partial charge in [0.2, 0.25) is 5.95 Å². The minimum Gasteiger partial charge on any atom is -0.350 e. The lowest BCUT2D eigenvalue weighted by atomic mass is 10.3. The number of hydrogen-bond donors (Lipinski definition) is 1. The SMILES string of the molecule is Cc1cccc(CNc2nc(C)cn2C)n1. The van der Waals surface area contributed by atoms with E-state index in [9.17, 15) is 0 Å². The molecule has 0 atom stereocenters. The smallest absolute Gasteiger partial charge is 0.203 e. The Balaban J connectivity index is 2.05. The standard InChI is InChI=1S/C12H16N4/c1-9-5-4-6-11(14-9)7-13-12-15-10(2)8-16(12)3/h4-6,8H,7H2,1-3H3,(H,13,15). The molecule has 0 aromatic carbocycles. The first-order valence-corrected chi connectivity index (χ1v) is 5.31. The summed E-state index contributed by atoms with van der Waals surface area (Å²) < 4.78 is 1.98. The normalized spacial score (nSPS) is 10.4. The first-order chi connectivity index (χ1) is 7.65. The highest BCUT2D eigenvalue weighted by molar-refractivity contribution is 5.29. The fourth-order valence-corrected chi connectivity index (χ4v) is 1.65. The van der Waals surface area contributed by atoms with Crippen LogP contribution in [-0.2, 0) is 13.6 Å². The number of anilines is 1. The second-order valence-corrected chi connectivity index (χ2v) is 3.94. The zero-order valence-corrected chi connectivity index (χ0v) is 9.86. The molecule has 1 N–H and O–H groups in total. The molecule has 2 aromatic rings. The minimum atomic E-state index is 0.700. The van der Waals surface area contributed by atoms with Crippen LogP contribution in [0.15, 0.2) is 24.4 Å². The van der Waals surface area contributed by atoms with E-state index in [4.69, 9.17) is 0 Å². The van der Waals surface area contributed by atoms with E-state index >= 15 is 0 Å². The van der Waals surface area contributed by atoms with Crippen molar-refractivity contribution in [2.24, 2.45) is 7.05 Å². The van der Waals surface area contributed by atoms with Crippen LogP contribution in [0.5, 0.6) is 0 Å². The summed E-state index contributed by atoms with van der Waals surface area (Å²) in [6.45, 7) is 4.68. The lowest BCUT2D eigenvalue weighted by Gasteiger charge is -2.05. The van der Waals surface area contributed by atoms with Crippen LogP contribution in [0.25, 0.3) is 0 Å². The fourth-order valence-electron chi connectivity index (χ4n) is 1.65. The topological polar surface area (TPSA) is 42.7 Å². The molecule has 0 saturated carbocycles. The Hall–Kier alpha value is -1.84. The van der Waals surface area contributed by atoms with E-state index in [1.54, 1.807) is 0 Å². The molecule has 0 fully saturated rings. The second-order valence-electron chi connectivity index (χ2n) is 3.94. The van der Waals surface area contributed by atoms with Crippen molar-refractivity contribution in [2.75, 3.05) is 5.32 Å². The van der Waals surface area contributed by atoms with E-state index in [2.05, 4.69) is 15.3 Å². The van der Waals surface area contributed by atoms with Crippen LogP contribution < -0.4 is 5.32 Å². The maximum atomic E-state index is 4.43. The zero-order chi connectivity index (χ0) is 11.5. The average molecular weight is 216 g/mol. The maximum Gasteiger partial charge on any atom is 0.203 e. The molecule has 4 heteroatoms. The third kappa shape index (κ3) is 2.39. The molecule has 0 aliphatic rings. The highest BCUT2D eigenvalue weighted by Gasteiger charge is 2.01. The molecule has 0 amide bonds. The molecule has 2 rings (SSSR count). The molecule has 0 aliphatic heterocycles. The molecule has 0 unspecified atom stereocenters. The van der Waals surface area contributed by atoms with Gasteiger partial charge in [-0.1, -0.05) is 6.07 Å². The van der Waals surface area contributed by atoms with Crippen molar-refractivity contribution in [1.29, 1.82) is 0 Å². The predicted molar refractivity (Wildman–Crippen MR) is 64.2 cm³/mol. The average Bonchev–Trinajstić information content (AvgIpc) is 2.54. The Morgan fingerprint density at radius 1 is 1.19 bits per heavy atom. The maximum absolute atomic E-state index is 4.43. The molecule has 2 heterocycles. The number of imidazole rings is 1. The van der Waals surface area contributed by atoms with Gasteiger partial charge in [0.25, 0.3) is 0 Å². The van der Waals surface area contributed by atoms with Crippen LogP contribution in [0.3, 0.4) is 0 Å². The third-order valence-corrected chi connectivity index (χ3v) is 2.37. The summed E-state index contributed by atoms with van der Waals surface area (Å²) in [6.07, 6.45) is 1.99. The van der Waals surface area contributed by atoms with Crippen molar-refractivity contribution in [3.05, 3.63) is 41.5 Å². The second kappa shape index (κ2) is 4.35. The summed E-state index contributed by atoms with van der Waals surface area (Å²) >= 11 is 0. The van der Waals surface area contributed by atoms with Gasteiger partial charge in [-0.2, -0.15) is 0 Å². The number of rotatable bonds is 3. The Labute approximate surface area is 95.4 Å². The van der Waals surface area contributed by atoms with Crippen LogP contribution in [0.1, 0.15) is 17.1 Å². The van der Waals surface area contributed by atoms with Crippen molar-refractivity contribution in [3.8, 4) is 0 Å². The van der Waals surface area contributed by atoms with Gasteiger partial charge in [0, 0.05) is 18.9 Å². The largest absolute Gasteiger partial charge is 0.350 e. The zero-order valence-electron chi connectivity index (χ0n) is 9.86. The van der Waals surface area contributed by atoms with Crippen molar-refractivity contribution in [1.82, 2.24) is 14.5 Å². The van der Waals surface area contributed by atoms with Crippen LogP contribution >= 0.6 is 0 Å². The van der Waals surface area contributed by atoms with Gasteiger partial charge in [0.1, 0.15) is 0 Å². The van der Waals surface area contributed by atoms with Gasteiger partial charge < -0.3 is 9.88 Å². The van der Waals surface area contributed by atoms with E-state index in [-0.39, 0.29) is 0 Å². The van der Waals surface area contributed by atoms with Crippen LogP contribution in [0, 0.1) is 13.8 Å². The number of aryl methyl sites for hydroxylation is 3. The van der Waals surface area contributed by atoms with E-state index < -0.39 is 0 Å². The number of nitrogens with zero attached hydrogens (tertiary/aromatic N) is 3. The molecular formula is C12H16N4. The molecule has 2 aromatic heterocycles. The van der Waals surface area contributed by atoms with Gasteiger partial charge in [0.15, 0.2) is 0 Å². The lowest BCUT2D eigenvalue weighted by Crippen LogP contribution is -2.06. The van der Waals surface area contributed by atoms with Crippen LogP contribution in [0.4, 0.5) is 5.95 Å². The molecule has 0 spiro atoms. The first kappa shape index (κ1) is 10.7. The summed E-state index contributed by atoms with van der Waals surface area (Å²) in [5.74, 6) is 0.876. The highest BCUT2D eigenvalue weighted by Crippen LogP contribution is 2.07. The van der Waals surface area contributed by atoms with Gasteiger partial charge in [-0.15, -0.1) is 0 Å². The summed E-state index contributed by atoms with van der Waals surface area (Å²) in [5.41, 5.74) is 3.08. The molecule has 0 aliphatic carbocycles. The summed E-state index contributed by atoms with van der Waals surface area (Å²) in [7, 11) is 1.98. The van der Waals surface area contributed by atoms with Crippen molar-refractivity contribution in [3.63, 3.8) is 0 Å². The van der Waals surface area contributed by atoms with Crippen molar-refractivity contribution < 1.29 is 0 Å². The number of aromatic nitrogens is 3. The number of hydrogen-bond acceptors (Lipinski definition) is 3. The third-order valence-electron chi connectivity index (χ3n) is 2.37. The summed E-state index contributed by atoms with van der Waals surface area (Å²) in [5, 5.41) is 3.27. The number of pyridine rings is 1. The molecule has 0 saturated heterocycles. The molecule has 84 valence electrons. The van der Waals surface area contributed by atoms with Crippen molar-refractivity contribution in [2.45, 2.75) is 20.4 Å². The highest BCUT2D eigenvalue weighted by atomic mass is 15.2. The molecule has 0 bridgehead atoms. The van der Waals surface area contributed by atoms with Crippen LogP contribution in [0.2, 0.25) is 0 Å². The van der Waals surface area contributed by atoms with E-state index in [0.29, 0.717) is 6.54 Å². The fraction of sp³-hybridized carbons (Fsp3) is 0.333. The van der Waals surface area contributed by atoms with E-state index in [1.807, 2.05) is 49.9 Å². The summed E-state index contributed by atoms with van der Waals surface area (Å²) in [4.78, 5) is 8.80. The van der Waals surface area contributed by atoms with Gasteiger partial charge in [-0.05, 0) is 26.0 Å². The molecule has 0 radical (unpaired) electrons. The first-order valence-electron chi connectivity index (χ1n) is 5.31. The predicted octanol–water partition coefficient (Wildman–Crippen LogP) is 2.04. The molecule has 4 nitrogen and oxygen atoms in total. The van der Waals surface area contributed by atoms with Gasteiger partial charge in [-0.25, -0.2) is 4.98 Å². The Kier molecular flexibility index (Phi) is 2.90. The van der Waals surface area contributed by atoms with E-state index in [1.165, 1.54) is 0 Å². The van der Waals surface area contributed by atoms with Gasteiger partial charge in [-0.3, -0.25) is 4.98 Å². The summed E-state index contributed by atoms with van der Waals surface area (Å²) in [6, 6.07) is 6.02. The molecule has 16 heavy (non-hydrogen) atoms. The van der Waals surface area contributed by atoms with E-state index in [0.717, 1.165) is 23.0 Å². The Bertz CT molecular complexity index is 488. The Morgan fingerprint density at radius 2 is 2.00 bits per heavy atom. The Morgan fingerprint density at radius 3 is 2.62 bits per heavy atom.